The first kappa shape index (κ1) is 14.4. The molecule has 0 radical (unpaired) electrons. The maximum atomic E-state index is 11.4. The second-order valence-electron chi connectivity index (χ2n) is 4.13. The zero-order valence-electron chi connectivity index (χ0n) is 11.3. The highest BCUT2D eigenvalue weighted by Crippen LogP contribution is 2.00. The van der Waals surface area contributed by atoms with Gasteiger partial charge in [-0.05, 0) is 17.7 Å². The maximum Gasteiger partial charge on any atom is 0.408 e. The molecule has 1 aromatic heterocycles. The summed E-state index contributed by atoms with van der Waals surface area (Å²) in [6, 6.07) is 12.7. The summed E-state index contributed by atoms with van der Waals surface area (Å²) in [6.45, 7) is 0.320. The van der Waals surface area contributed by atoms with Crippen LogP contribution in [0.25, 0.3) is 0 Å². The maximum absolute atomic E-state index is 11.4. The minimum Gasteiger partial charge on any atom is -0.445 e. The number of pyridine rings is 1. The molecule has 2 aromatic rings. The van der Waals surface area contributed by atoms with E-state index in [1.54, 1.807) is 12.1 Å². The molecule has 1 amide bonds. The van der Waals surface area contributed by atoms with Crippen LogP contribution in [0.1, 0.15) is 11.1 Å². The summed E-state index contributed by atoms with van der Waals surface area (Å²) in [7, 11) is 0. The third-order valence-electron chi connectivity index (χ3n) is 2.58. The number of ether oxygens (including phenoxy) is 1. The molecule has 0 aliphatic rings. The van der Waals surface area contributed by atoms with Crippen molar-refractivity contribution in [3.63, 3.8) is 0 Å². The Kier molecular flexibility index (Phi) is 5.18. The van der Waals surface area contributed by atoms with E-state index in [1.807, 2.05) is 30.3 Å². The Morgan fingerprint density at radius 1 is 1.19 bits per heavy atom. The van der Waals surface area contributed by atoms with Gasteiger partial charge in [0.15, 0.2) is 0 Å². The summed E-state index contributed by atoms with van der Waals surface area (Å²) >= 11 is 0. The van der Waals surface area contributed by atoms with Gasteiger partial charge < -0.3 is 15.0 Å². The Morgan fingerprint density at radius 2 is 2.00 bits per heavy atom. The van der Waals surface area contributed by atoms with Crippen LogP contribution in [0.15, 0.2) is 53.5 Å². The van der Waals surface area contributed by atoms with Crippen molar-refractivity contribution < 1.29 is 9.53 Å². The third-order valence-corrected chi connectivity index (χ3v) is 2.58. The van der Waals surface area contributed by atoms with Crippen molar-refractivity contribution in [3.05, 3.63) is 70.1 Å². The van der Waals surface area contributed by atoms with Crippen LogP contribution < -0.4 is 10.9 Å². The first-order valence-corrected chi connectivity index (χ1v) is 6.37. The molecule has 106 valence electrons. The van der Waals surface area contributed by atoms with Gasteiger partial charge in [-0.25, -0.2) is 4.79 Å². The fraction of sp³-hybridized carbons (Fsp3) is 0.125. The number of hydrogen-bond donors (Lipinski definition) is 2. The molecule has 0 atom stereocenters. The van der Waals surface area contributed by atoms with Crippen LogP contribution in [0.4, 0.5) is 4.79 Å². The van der Waals surface area contributed by atoms with Gasteiger partial charge in [0, 0.05) is 6.20 Å². The van der Waals surface area contributed by atoms with Crippen LogP contribution in [0.5, 0.6) is 0 Å². The first-order valence-electron chi connectivity index (χ1n) is 6.37. The molecule has 1 aromatic carbocycles. The zero-order chi connectivity index (χ0) is 14.9. The number of rotatable bonds is 3. The normalized spacial score (nSPS) is 9.33. The Labute approximate surface area is 122 Å². The number of benzene rings is 1. The van der Waals surface area contributed by atoms with E-state index in [2.05, 4.69) is 22.1 Å². The average Bonchev–Trinajstić information content (AvgIpc) is 2.52. The van der Waals surface area contributed by atoms with Gasteiger partial charge in [0.1, 0.15) is 6.61 Å². The van der Waals surface area contributed by atoms with Crippen molar-refractivity contribution in [1.82, 2.24) is 10.3 Å². The SMILES string of the molecule is O=C(NCC#Cc1ccc[nH]c1=O)OCc1ccccc1. The van der Waals surface area contributed by atoms with Gasteiger partial charge in [0.05, 0.1) is 12.1 Å². The predicted molar refractivity (Wildman–Crippen MR) is 78.6 cm³/mol. The first-order chi connectivity index (χ1) is 10.3. The molecular formula is C16H14N2O3. The molecule has 2 rings (SSSR count). The summed E-state index contributed by atoms with van der Waals surface area (Å²) in [5.41, 5.74) is 1.02. The number of alkyl carbamates (subject to hydrolysis) is 1. The predicted octanol–water partition coefficient (Wildman–Crippen LogP) is 1.65. The second kappa shape index (κ2) is 7.56. The summed E-state index contributed by atoms with van der Waals surface area (Å²) in [5.74, 6) is 5.37. The molecule has 0 saturated carbocycles. The fourth-order valence-electron chi connectivity index (χ4n) is 1.55. The van der Waals surface area contributed by atoms with E-state index >= 15 is 0 Å². The number of hydrogen-bond acceptors (Lipinski definition) is 3. The number of carbonyl (C=O) groups excluding carboxylic acids is 1. The molecule has 0 aliphatic heterocycles. The van der Waals surface area contributed by atoms with Crippen LogP contribution in [-0.2, 0) is 11.3 Å². The van der Waals surface area contributed by atoms with Crippen LogP contribution in [-0.4, -0.2) is 17.6 Å². The number of carbonyl (C=O) groups is 1. The number of H-pyrrole nitrogens is 1. The van der Waals surface area contributed by atoms with Crippen molar-refractivity contribution in [2.24, 2.45) is 0 Å². The van der Waals surface area contributed by atoms with E-state index in [-0.39, 0.29) is 18.7 Å². The second-order valence-corrected chi connectivity index (χ2v) is 4.13. The fourth-order valence-corrected chi connectivity index (χ4v) is 1.55. The summed E-state index contributed by atoms with van der Waals surface area (Å²) in [4.78, 5) is 25.3. The molecule has 1 heterocycles. The molecule has 0 fully saturated rings. The van der Waals surface area contributed by atoms with Crippen molar-refractivity contribution in [2.45, 2.75) is 6.61 Å². The molecule has 0 unspecified atom stereocenters. The van der Waals surface area contributed by atoms with Crippen molar-refractivity contribution >= 4 is 6.09 Å². The molecule has 5 heteroatoms. The zero-order valence-corrected chi connectivity index (χ0v) is 11.3. The Morgan fingerprint density at radius 3 is 2.76 bits per heavy atom. The van der Waals surface area contributed by atoms with Gasteiger partial charge in [-0.1, -0.05) is 42.2 Å². The summed E-state index contributed by atoms with van der Waals surface area (Å²) in [5, 5.41) is 2.50. The topological polar surface area (TPSA) is 71.2 Å². The van der Waals surface area contributed by atoms with E-state index in [4.69, 9.17) is 4.74 Å². The Hall–Kier alpha value is -3.00. The van der Waals surface area contributed by atoms with Gasteiger partial charge in [-0.2, -0.15) is 0 Å². The van der Waals surface area contributed by atoms with Crippen molar-refractivity contribution in [3.8, 4) is 11.8 Å². The van der Waals surface area contributed by atoms with E-state index in [9.17, 15) is 9.59 Å². The lowest BCUT2D eigenvalue weighted by atomic mass is 10.2. The molecule has 21 heavy (non-hydrogen) atoms. The summed E-state index contributed by atoms with van der Waals surface area (Å²) < 4.78 is 5.02. The van der Waals surface area contributed by atoms with Crippen molar-refractivity contribution in [1.29, 1.82) is 0 Å². The largest absolute Gasteiger partial charge is 0.445 e. The van der Waals surface area contributed by atoms with Crippen LogP contribution in [0.2, 0.25) is 0 Å². The van der Waals surface area contributed by atoms with Crippen LogP contribution in [0.3, 0.4) is 0 Å². The highest BCUT2D eigenvalue weighted by molar-refractivity contribution is 5.67. The van der Waals surface area contributed by atoms with Gasteiger partial charge >= 0.3 is 6.09 Å². The number of nitrogens with one attached hydrogen (secondary N) is 2. The highest BCUT2D eigenvalue weighted by Gasteiger charge is 2.00. The molecule has 0 bridgehead atoms. The third kappa shape index (κ3) is 4.88. The smallest absolute Gasteiger partial charge is 0.408 e. The lowest BCUT2D eigenvalue weighted by Crippen LogP contribution is -2.24. The molecule has 0 aliphatic carbocycles. The lowest BCUT2D eigenvalue weighted by Gasteiger charge is -2.04. The van der Waals surface area contributed by atoms with E-state index in [0.717, 1.165) is 5.56 Å². The standard InChI is InChI=1S/C16H14N2O3/c19-15-14(8-4-10-17-15)9-5-11-18-16(20)21-12-13-6-2-1-3-7-13/h1-4,6-8,10H,11-12H2,(H,17,19)(H,18,20). The van der Waals surface area contributed by atoms with Gasteiger partial charge in [-0.15, -0.1) is 0 Å². The molecule has 0 saturated heterocycles. The number of amides is 1. The van der Waals surface area contributed by atoms with E-state index < -0.39 is 6.09 Å². The Bertz CT molecular complexity index is 711. The summed E-state index contributed by atoms with van der Waals surface area (Å²) in [6.07, 6.45) is 0.988. The minimum atomic E-state index is -0.546. The monoisotopic (exact) mass is 282 g/mol. The molecule has 0 spiro atoms. The highest BCUT2D eigenvalue weighted by atomic mass is 16.5. The number of aromatic nitrogens is 1. The molecular weight excluding hydrogens is 268 g/mol. The van der Waals surface area contributed by atoms with Crippen molar-refractivity contribution in [2.75, 3.05) is 6.54 Å². The minimum absolute atomic E-state index is 0.113. The number of aromatic amines is 1. The van der Waals surface area contributed by atoms with Gasteiger partial charge in [-0.3, -0.25) is 4.79 Å². The molecule has 2 N–H and O–H groups in total. The van der Waals surface area contributed by atoms with E-state index in [0.29, 0.717) is 5.56 Å². The quantitative estimate of drug-likeness (QED) is 0.841. The van der Waals surface area contributed by atoms with Gasteiger partial charge in [0.25, 0.3) is 5.56 Å². The average molecular weight is 282 g/mol. The van der Waals surface area contributed by atoms with Crippen LogP contribution in [0, 0.1) is 11.8 Å². The van der Waals surface area contributed by atoms with Gasteiger partial charge in [0.2, 0.25) is 0 Å². The Balaban J connectivity index is 1.75. The van der Waals surface area contributed by atoms with Crippen LogP contribution >= 0.6 is 0 Å². The molecule has 5 nitrogen and oxygen atoms in total. The lowest BCUT2D eigenvalue weighted by molar-refractivity contribution is 0.141. The van der Waals surface area contributed by atoms with E-state index in [1.165, 1.54) is 6.20 Å².